The highest BCUT2D eigenvalue weighted by Crippen LogP contribution is 2.28. The number of anilines is 3. The van der Waals surface area contributed by atoms with E-state index in [4.69, 9.17) is 10.5 Å². The topological polar surface area (TPSA) is 117 Å². The van der Waals surface area contributed by atoms with Crippen molar-refractivity contribution >= 4 is 29.3 Å². The van der Waals surface area contributed by atoms with Crippen molar-refractivity contribution in [2.24, 2.45) is 0 Å². The third-order valence-corrected chi connectivity index (χ3v) is 4.86. The third-order valence-electron chi connectivity index (χ3n) is 3.92. The maximum Gasteiger partial charge on any atom is 0.232 e. The van der Waals surface area contributed by atoms with E-state index in [0.717, 1.165) is 17.1 Å². The van der Waals surface area contributed by atoms with Crippen molar-refractivity contribution in [1.82, 2.24) is 29.7 Å². The van der Waals surface area contributed by atoms with Crippen LogP contribution in [0.2, 0.25) is 0 Å². The molecule has 0 amide bonds. The predicted molar refractivity (Wildman–Crippen MR) is 111 cm³/mol. The summed E-state index contributed by atoms with van der Waals surface area (Å²) in [5.74, 6) is 2.26. The van der Waals surface area contributed by atoms with Crippen LogP contribution in [0.1, 0.15) is 5.82 Å². The minimum absolute atomic E-state index is 0.153. The second-order valence-electron chi connectivity index (χ2n) is 5.87. The first-order valence-corrected chi connectivity index (χ1v) is 9.70. The standard InChI is InChI=1S/C19H18N8OS/c1-28-15-10-6-5-9-14(15)27-12-21-26-19(27)29-11-16-23-17(20)25-18(24-16)22-13-7-3-2-4-8-13/h2-10,12H,11H2,1H3,(H3,20,22,23,24,25). The lowest BCUT2D eigenvalue weighted by Gasteiger charge is -2.10. The number of nitrogens with zero attached hydrogens (tertiary/aromatic N) is 6. The average Bonchev–Trinajstić information content (AvgIpc) is 3.21. The summed E-state index contributed by atoms with van der Waals surface area (Å²) < 4.78 is 7.29. The van der Waals surface area contributed by atoms with Gasteiger partial charge in [0.25, 0.3) is 0 Å². The van der Waals surface area contributed by atoms with Gasteiger partial charge in [0.05, 0.1) is 18.6 Å². The first-order valence-electron chi connectivity index (χ1n) is 8.71. The molecule has 2 aromatic heterocycles. The van der Waals surface area contributed by atoms with Crippen molar-refractivity contribution in [3.05, 3.63) is 66.7 Å². The molecule has 3 N–H and O–H groups in total. The number of benzene rings is 2. The van der Waals surface area contributed by atoms with Crippen LogP contribution >= 0.6 is 11.8 Å². The van der Waals surface area contributed by atoms with Crippen molar-refractivity contribution in [2.75, 3.05) is 18.2 Å². The molecular weight excluding hydrogens is 388 g/mol. The number of hydrogen-bond donors (Lipinski definition) is 2. The van der Waals surface area contributed by atoms with Gasteiger partial charge in [-0.15, -0.1) is 10.2 Å². The summed E-state index contributed by atoms with van der Waals surface area (Å²) in [5.41, 5.74) is 7.58. The van der Waals surface area contributed by atoms with Gasteiger partial charge in [-0.3, -0.25) is 4.57 Å². The number of aromatic nitrogens is 6. The number of hydrogen-bond acceptors (Lipinski definition) is 9. The molecule has 0 aliphatic carbocycles. The lowest BCUT2D eigenvalue weighted by molar-refractivity contribution is 0.412. The number of rotatable bonds is 7. The Morgan fingerprint density at radius 1 is 1.03 bits per heavy atom. The minimum atomic E-state index is 0.153. The van der Waals surface area contributed by atoms with Crippen LogP contribution in [0, 0.1) is 0 Å². The van der Waals surface area contributed by atoms with E-state index in [1.807, 2.05) is 59.2 Å². The molecule has 2 aromatic carbocycles. The minimum Gasteiger partial charge on any atom is -0.495 e. The van der Waals surface area contributed by atoms with Gasteiger partial charge in [-0.1, -0.05) is 42.1 Å². The summed E-state index contributed by atoms with van der Waals surface area (Å²) in [4.78, 5) is 12.8. The van der Waals surface area contributed by atoms with E-state index in [-0.39, 0.29) is 5.95 Å². The number of ether oxygens (including phenoxy) is 1. The zero-order valence-corrected chi connectivity index (χ0v) is 16.4. The fraction of sp³-hybridized carbons (Fsp3) is 0.105. The largest absolute Gasteiger partial charge is 0.495 e. The van der Waals surface area contributed by atoms with Gasteiger partial charge < -0.3 is 15.8 Å². The van der Waals surface area contributed by atoms with Gasteiger partial charge in [-0.25, -0.2) is 0 Å². The predicted octanol–water partition coefficient (Wildman–Crippen LogP) is 3.08. The summed E-state index contributed by atoms with van der Waals surface area (Å²) in [6.45, 7) is 0. The SMILES string of the molecule is COc1ccccc1-n1cnnc1SCc1nc(N)nc(Nc2ccccc2)n1. The van der Waals surface area contributed by atoms with Gasteiger partial charge in [-0.05, 0) is 24.3 Å². The lowest BCUT2D eigenvalue weighted by Crippen LogP contribution is -2.07. The number of methoxy groups -OCH3 is 1. The summed E-state index contributed by atoms with van der Waals surface area (Å²) in [7, 11) is 1.63. The highest BCUT2D eigenvalue weighted by molar-refractivity contribution is 7.98. The lowest BCUT2D eigenvalue weighted by atomic mass is 10.3. The van der Waals surface area contributed by atoms with Gasteiger partial charge in [0.2, 0.25) is 11.9 Å². The Hall–Kier alpha value is -3.66. The zero-order valence-electron chi connectivity index (χ0n) is 15.6. The first kappa shape index (κ1) is 18.7. The van der Waals surface area contributed by atoms with Crippen LogP contribution in [0.4, 0.5) is 17.6 Å². The monoisotopic (exact) mass is 406 g/mol. The van der Waals surface area contributed by atoms with Crippen molar-refractivity contribution < 1.29 is 4.74 Å². The molecule has 146 valence electrons. The molecule has 2 heterocycles. The fourth-order valence-corrected chi connectivity index (χ4v) is 3.43. The molecule has 0 fully saturated rings. The normalized spacial score (nSPS) is 10.7. The number of para-hydroxylation sites is 3. The molecule has 0 atom stereocenters. The molecule has 0 bridgehead atoms. The van der Waals surface area contributed by atoms with Crippen LogP contribution in [0.3, 0.4) is 0 Å². The number of thioether (sulfide) groups is 1. The van der Waals surface area contributed by atoms with E-state index in [2.05, 4.69) is 30.5 Å². The Bertz CT molecular complexity index is 1100. The van der Waals surface area contributed by atoms with Crippen molar-refractivity contribution in [1.29, 1.82) is 0 Å². The molecule has 0 aliphatic rings. The second kappa shape index (κ2) is 8.57. The molecular formula is C19H18N8OS. The third kappa shape index (κ3) is 4.43. The van der Waals surface area contributed by atoms with Crippen LogP contribution < -0.4 is 15.8 Å². The van der Waals surface area contributed by atoms with Gasteiger partial charge in [0, 0.05) is 5.69 Å². The highest BCUT2D eigenvalue weighted by atomic mass is 32.2. The Morgan fingerprint density at radius 3 is 2.66 bits per heavy atom. The van der Waals surface area contributed by atoms with Gasteiger partial charge >= 0.3 is 0 Å². The molecule has 0 saturated carbocycles. The molecule has 29 heavy (non-hydrogen) atoms. The molecule has 4 aromatic rings. The Morgan fingerprint density at radius 2 is 1.83 bits per heavy atom. The summed E-state index contributed by atoms with van der Waals surface area (Å²) in [5, 5.41) is 12.0. The summed E-state index contributed by atoms with van der Waals surface area (Å²) >= 11 is 1.44. The van der Waals surface area contributed by atoms with E-state index in [9.17, 15) is 0 Å². The smallest absolute Gasteiger partial charge is 0.232 e. The molecule has 4 rings (SSSR count). The number of nitrogens with two attached hydrogens (primary N) is 1. The summed E-state index contributed by atoms with van der Waals surface area (Å²) in [6, 6.07) is 17.3. The van der Waals surface area contributed by atoms with Crippen LogP contribution in [0.15, 0.2) is 66.1 Å². The summed E-state index contributed by atoms with van der Waals surface area (Å²) in [6.07, 6.45) is 1.64. The van der Waals surface area contributed by atoms with E-state index in [0.29, 0.717) is 22.7 Å². The molecule has 0 spiro atoms. The molecule has 0 saturated heterocycles. The molecule has 9 nitrogen and oxygen atoms in total. The molecule has 0 radical (unpaired) electrons. The van der Waals surface area contributed by atoms with Crippen LogP contribution in [-0.4, -0.2) is 36.8 Å². The first-order chi connectivity index (χ1) is 14.2. The van der Waals surface area contributed by atoms with Gasteiger partial charge in [0.15, 0.2) is 5.16 Å². The quantitative estimate of drug-likeness (QED) is 0.446. The highest BCUT2D eigenvalue weighted by Gasteiger charge is 2.13. The van der Waals surface area contributed by atoms with Crippen LogP contribution in [-0.2, 0) is 5.75 Å². The zero-order chi connectivity index (χ0) is 20.1. The van der Waals surface area contributed by atoms with Crippen LogP contribution in [0.5, 0.6) is 5.75 Å². The van der Waals surface area contributed by atoms with E-state index in [1.54, 1.807) is 13.4 Å². The molecule has 10 heteroatoms. The Balaban J connectivity index is 1.52. The van der Waals surface area contributed by atoms with Crippen molar-refractivity contribution in [2.45, 2.75) is 10.9 Å². The maximum absolute atomic E-state index is 5.86. The number of nitrogen functional groups attached to an aromatic ring is 1. The van der Waals surface area contributed by atoms with E-state index >= 15 is 0 Å². The van der Waals surface area contributed by atoms with Gasteiger partial charge in [0.1, 0.15) is 17.9 Å². The van der Waals surface area contributed by atoms with Crippen molar-refractivity contribution in [3.63, 3.8) is 0 Å². The van der Waals surface area contributed by atoms with Gasteiger partial charge in [-0.2, -0.15) is 15.0 Å². The van der Waals surface area contributed by atoms with Crippen LogP contribution in [0.25, 0.3) is 5.69 Å². The molecule has 0 aliphatic heterocycles. The molecule has 0 unspecified atom stereocenters. The van der Waals surface area contributed by atoms with E-state index < -0.39 is 0 Å². The van der Waals surface area contributed by atoms with E-state index in [1.165, 1.54) is 11.8 Å². The Kier molecular flexibility index (Phi) is 5.52. The van der Waals surface area contributed by atoms with Crippen molar-refractivity contribution in [3.8, 4) is 11.4 Å². The maximum atomic E-state index is 5.86. The second-order valence-corrected chi connectivity index (χ2v) is 6.81. The average molecular weight is 406 g/mol. The Labute approximate surface area is 171 Å². The fourth-order valence-electron chi connectivity index (χ4n) is 2.65. The number of nitrogens with one attached hydrogen (secondary N) is 1.